The molecule has 1 aromatic carbocycles. The Kier molecular flexibility index (Phi) is 4.49. The Bertz CT molecular complexity index is 862. The normalized spacial score (nSPS) is 10.9. The first-order valence-corrected chi connectivity index (χ1v) is 8.27. The molecule has 3 rings (SSSR count). The predicted octanol–water partition coefficient (Wildman–Crippen LogP) is 3.13. The monoisotopic (exact) mass is 347 g/mol. The second kappa shape index (κ2) is 6.55. The number of fused-ring (bicyclic) bond motifs is 1. The summed E-state index contributed by atoms with van der Waals surface area (Å²) in [6.07, 6.45) is 0. The van der Waals surface area contributed by atoms with Gasteiger partial charge in [-0.15, -0.1) is 5.10 Å². The molecule has 0 aliphatic carbocycles. The number of rotatable bonds is 4. The Morgan fingerprint density at radius 3 is 2.74 bits per heavy atom. The molecule has 1 N–H and O–H groups in total. The number of carbonyl (C=O) groups is 1. The first-order valence-electron chi connectivity index (χ1n) is 6.90. The fourth-order valence-electron chi connectivity index (χ4n) is 2.07. The average Bonchev–Trinajstić information content (AvgIpc) is 2.91. The third kappa shape index (κ3) is 3.80. The van der Waals surface area contributed by atoms with Gasteiger partial charge in [0.15, 0.2) is 0 Å². The van der Waals surface area contributed by atoms with Gasteiger partial charge in [-0.2, -0.15) is 4.98 Å². The molecule has 0 unspecified atom stereocenters. The molecule has 0 radical (unpaired) electrons. The van der Waals surface area contributed by atoms with Crippen molar-refractivity contribution in [3.8, 4) is 0 Å². The van der Waals surface area contributed by atoms with Crippen LogP contribution >= 0.6 is 23.4 Å². The number of nitrogens with one attached hydrogen (secondary N) is 1. The standard InChI is InChI=1S/C15H14ClN5OS/c1-9-7-10(2)21-14(17-9)19-15(20-21)23-8-13(22)18-12-5-3-11(16)4-6-12/h3-7H,8H2,1-2H3,(H,18,22). The lowest BCUT2D eigenvalue weighted by atomic mass is 10.3. The third-order valence-corrected chi connectivity index (χ3v) is 4.15. The molecule has 0 saturated carbocycles. The lowest BCUT2D eigenvalue weighted by Gasteiger charge is -2.03. The minimum absolute atomic E-state index is 0.128. The largest absolute Gasteiger partial charge is 0.325 e. The molecule has 8 heteroatoms. The second-order valence-electron chi connectivity index (χ2n) is 4.99. The van der Waals surface area contributed by atoms with Crippen LogP contribution in [0.15, 0.2) is 35.5 Å². The van der Waals surface area contributed by atoms with Gasteiger partial charge >= 0.3 is 0 Å². The van der Waals surface area contributed by atoms with Gasteiger partial charge in [0.05, 0.1) is 5.75 Å². The quantitative estimate of drug-likeness (QED) is 0.734. The number of thioether (sulfide) groups is 1. The van der Waals surface area contributed by atoms with Crippen LogP contribution in [0.5, 0.6) is 0 Å². The summed E-state index contributed by atoms with van der Waals surface area (Å²) in [6, 6.07) is 8.90. The Labute approximate surface area is 142 Å². The summed E-state index contributed by atoms with van der Waals surface area (Å²) in [5, 5.41) is 8.30. The second-order valence-corrected chi connectivity index (χ2v) is 6.37. The number of nitrogens with zero attached hydrogens (tertiary/aromatic N) is 4. The van der Waals surface area contributed by atoms with Crippen molar-refractivity contribution >= 4 is 40.7 Å². The van der Waals surface area contributed by atoms with Crippen LogP contribution in [0.1, 0.15) is 11.4 Å². The number of amides is 1. The highest BCUT2D eigenvalue weighted by Crippen LogP contribution is 2.17. The van der Waals surface area contributed by atoms with E-state index in [1.54, 1.807) is 28.8 Å². The zero-order valence-corrected chi connectivity index (χ0v) is 14.1. The molecule has 0 atom stereocenters. The first-order chi connectivity index (χ1) is 11.0. The maximum Gasteiger partial charge on any atom is 0.253 e. The fourth-order valence-corrected chi connectivity index (χ4v) is 2.81. The van der Waals surface area contributed by atoms with Crippen LogP contribution in [0, 0.1) is 13.8 Å². The van der Waals surface area contributed by atoms with Crippen molar-refractivity contribution in [3.05, 3.63) is 46.7 Å². The van der Waals surface area contributed by atoms with Crippen LogP contribution < -0.4 is 5.32 Å². The van der Waals surface area contributed by atoms with Crippen LogP contribution in [0.3, 0.4) is 0 Å². The van der Waals surface area contributed by atoms with Crippen LogP contribution in [0.2, 0.25) is 5.02 Å². The van der Waals surface area contributed by atoms with E-state index in [1.165, 1.54) is 11.8 Å². The number of carbonyl (C=O) groups excluding carboxylic acids is 1. The minimum atomic E-state index is -0.128. The van der Waals surface area contributed by atoms with E-state index in [4.69, 9.17) is 11.6 Å². The molecule has 2 heterocycles. The molecule has 2 aromatic heterocycles. The van der Waals surface area contributed by atoms with Crippen LogP contribution in [0.4, 0.5) is 5.69 Å². The van der Waals surface area contributed by atoms with E-state index in [0.717, 1.165) is 11.4 Å². The summed E-state index contributed by atoms with van der Waals surface area (Å²) in [5.74, 6) is 0.637. The number of aryl methyl sites for hydroxylation is 2. The number of benzene rings is 1. The van der Waals surface area contributed by atoms with E-state index >= 15 is 0 Å². The summed E-state index contributed by atoms with van der Waals surface area (Å²) >= 11 is 7.08. The summed E-state index contributed by atoms with van der Waals surface area (Å²) in [5.41, 5.74) is 2.55. The van der Waals surface area contributed by atoms with Crippen molar-refractivity contribution in [3.63, 3.8) is 0 Å². The van der Waals surface area contributed by atoms with Gasteiger partial charge in [-0.25, -0.2) is 9.50 Å². The van der Waals surface area contributed by atoms with Gasteiger partial charge in [-0.1, -0.05) is 23.4 Å². The van der Waals surface area contributed by atoms with E-state index in [0.29, 0.717) is 21.6 Å². The van der Waals surface area contributed by atoms with Gasteiger partial charge in [-0.05, 0) is 44.2 Å². The van der Waals surface area contributed by atoms with Gasteiger partial charge < -0.3 is 5.32 Å². The number of anilines is 1. The summed E-state index contributed by atoms with van der Waals surface area (Å²) in [7, 11) is 0. The smallest absolute Gasteiger partial charge is 0.253 e. The lowest BCUT2D eigenvalue weighted by Crippen LogP contribution is -2.14. The molecule has 0 spiro atoms. The zero-order chi connectivity index (χ0) is 16.4. The van der Waals surface area contributed by atoms with Crippen LogP contribution in [-0.4, -0.2) is 31.2 Å². The van der Waals surface area contributed by atoms with Crippen molar-refractivity contribution < 1.29 is 4.79 Å². The first kappa shape index (κ1) is 15.8. The van der Waals surface area contributed by atoms with Crippen molar-refractivity contribution in [2.45, 2.75) is 19.0 Å². The van der Waals surface area contributed by atoms with Gasteiger partial charge in [0.25, 0.3) is 5.78 Å². The Hall–Kier alpha value is -2.12. The highest BCUT2D eigenvalue weighted by atomic mass is 35.5. The molecule has 23 heavy (non-hydrogen) atoms. The van der Waals surface area contributed by atoms with E-state index in [9.17, 15) is 4.79 Å². The number of aromatic nitrogens is 4. The minimum Gasteiger partial charge on any atom is -0.325 e. The van der Waals surface area contributed by atoms with Gasteiger partial charge in [0.1, 0.15) is 0 Å². The Morgan fingerprint density at radius 2 is 2.00 bits per heavy atom. The van der Waals surface area contributed by atoms with Gasteiger partial charge in [-0.3, -0.25) is 4.79 Å². The maximum atomic E-state index is 12.0. The lowest BCUT2D eigenvalue weighted by molar-refractivity contribution is -0.113. The third-order valence-electron chi connectivity index (χ3n) is 3.06. The Balaban J connectivity index is 1.64. The highest BCUT2D eigenvalue weighted by Gasteiger charge is 2.10. The number of hydrogen-bond donors (Lipinski definition) is 1. The molecule has 0 aliphatic heterocycles. The summed E-state index contributed by atoms with van der Waals surface area (Å²) in [6.45, 7) is 3.85. The van der Waals surface area contributed by atoms with E-state index in [2.05, 4.69) is 20.4 Å². The van der Waals surface area contributed by atoms with E-state index in [-0.39, 0.29) is 11.7 Å². The van der Waals surface area contributed by atoms with Crippen molar-refractivity contribution in [2.24, 2.45) is 0 Å². The number of halogens is 1. The van der Waals surface area contributed by atoms with Crippen molar-refractivity contribution in [1.29, 1.82) is 0 Å². The molecule has 118 valence electrons. The molecule has 0 aliphatic rings. The van der Waals surface area contributed by atoms with E-state index in [1.807, 2.05) is 19.9 Å². The van der Waals surface area contributed by atoms with Crippen molar-refractivity contribution in [1.82, 2.24) is 19.6 Å². The Morgan fingerprint density at radius 1 is 1.26 bits per heavy atom. The predicted molar refractivity (Wildman–Crippen MR) is 91.1 cm³/mol. The van der Waals surface area contributed by atoms with Gasteiger partial charge in [0, 0.05) is 22.1 Å². The molecular weight excluding hydrogens is 334 g/mol. The molecule has 6 nitrogen and oxygen atoms in total. The topological polar surface area (TPSA) is 72.2 Å². The van der Waals surface area contributed by atoms with Gasteiger partial charge in [0.2, 0.25) is 11.1 Å². The molecule has 1 amide bonds. The SMILES string of the molecule is Cc1cc(C)n2nc(SCC(=O)Nc3ccc(Cl)cc3)nc2n1. The summed E-state index contributed by atoms with van der Waals surface area (Å²) < 4.78 is 1.67. The molecule has 0 saturated heterocycles. The maximum absolute atomic E-state index is 12.0. The zero-order valence-electron chi connectivity index (χ0n) is 12.6. The van der Waals surface area contributed by atoms with Crippen molar-refractivity contribution in [2.75, 3.05) is 11.1 Å². The molecule has 0 bridgehead atoms. The van der Waals surface area contributed by atoms with Crippen LogP contribution in [0.25, 0.3) is 5.78 Å². The molecular formula is C15H14ClN5OS. The molecule has 3 aromatic rings. The number of hydrogen-bond acceptors (Lipinski definition) is 5. The molecule has 0 fully saturated rings. The fraction of sp³-hybridized carbons (Fsp3) is 0.200. The van der Waals surface area contributed by atoms with E-state index < -0.39 is 0 Å². The summed E-state index contributed by atoms with van der Waals surface area (Å²) in [4.78, 5) is 20.6. The average molecular weight is 348 g/mol. The highest BCUT2D eigenvalue weighted by molar-refractivity contribution is 7.99. The van der Waals surface area contributed by atoms with Crippen LogP contribution in [-0.2, 0) is 4.79 Å².